The molecule has 2 atom stereocenters. The van der Waals surface area contributed by atoms with E-state index in [1.165, 1.54) is 12.8 Å². The third-order valence-corrected chi connectivity index (χ3v) is 2.49. The van der Waals surface area contributed by atoms with E-state index in [1.54, 1.807) is 7.11 Å². The summed E-state index contributed by atoms with van der Waals surface area (Å²) in [4.78, 5) is 0. The summed E-state index contributed by atoms with van der Waals surface area (Å²) in [5.41, 5.74) is 5.95. The van der Waals surface area contributed by atoms with Gasteiger partial charge in [-0.15, -0.1) is 0 Å². The molecule has 0 heterocycles. The molecule has 2 N–H and O–H groups in total. The zero-order chi connectivity index (χ0) is 8.27. The van der Waals surface area contributed by atoms with Crippen LogP contribution >= 0.6 is 0 Å². The summed E-state index contributed by atoms with van der Waals surface area (Å²) in [6.45, 7) is 2.13. The van der Waals surface area contributed by atoms with Gasteiger partial charge in [-0.2, -0.15) is 0 Å². The zero-order valence-electron chi connectivity index (χ0n) is 7.55. The molecule has 0 aliphatic heterocycles. The molecule has 0 bridgehead atoms. The summed E-state index contributed by atoms with van der Waals surface area (Å²) in [7, 11) is 1.75. The Morgan fingerprint density at radius 3 is 2.55 bits per heavy atom. The smallest absolute Gasteiger partial charge is 0.0719 e. The second-order valence-electron chi connectivity index (χ2n) is 3.53. The van der Waals surface area contributed by atoms with E-state index in [1.807, 2.05) is 0 Å². The van der Waals surface area contributed by atoms with Crippen molar-refractivity contribution in [2.75, 3.05) is 7.11 Å². The first-order valence-electron chi connectivity index (χ1n) is 4.56. The lowest BCUT2D eigenvalue weighted by atomic mass is 10.0. The SMILES string of the molecule is CCC(OC)C(N)CC1CC1. The number of hydrogen-bond acceptors (Lipinski definition) is 2. The Morgan fingerprint density at radius 1 is 1.55 bits per heavy atom. The Labute approximate surface area is 69.1 Å². The first-order chi connectivity index (χ1) is 5.27. The van der Waals surface area contributed by atoms with Crippen molar-refractivity contribution in [2.45, 2.75) is 44.8 Å². The average molecular weight is 157 g/mol. The summed E-state index contributed by atoms with van der Waals surface area (Å²) in [6, 6.07) is 0.262. The topological polar surface area (TPSA) is 35.2 Å². The van der Waals surface area contributed by atoms with E-state index in [-0.39, 0.29) is 12.1 Å². The molecule has 1 saturated carbocycles. The minimum absolute atomic E-state index is 0.262. The van der Waals surface area contributed by atoms with Crippen LogP contribution in [-0.2, 0) is 4.74 Å². The van der Waals surface area contributed by atoms with Crippen molar-refractivity contribution in [3.63, 3.8) is 0 Å². The molecule has 1 rings (SSSR count). The lowest BCUT2D eigenvalue weighted by Crippen LogP contribution is -2.36. The predicted molar refractivity (Wildman–Crippen MR) is 46.4 cm³/mol. The maximum absolute atomic E-state index is 5.95. The first kappa shape index (κ1) is 9.01. The molecule has 2 heteroatoms. The van der Waals surface area contributed by atoms with E-state index in [9.17, 15) is 0 Å². The molecule has 0 aromatic carbocycles. The van der Waals surface area contributed by atoms with Crippen molar-refractivity contribution in [3.8, 4) is 0 Å². The highest BCUT2D eigenvalue weighted by molar-refractivity contribution is 4.82. The number of methoxy groups -OCH3 is 1. The molecular formula is C9H19NO. The normalized spacial score (nSPS) is 23.2. The molecule has 1 aliphatic rings. The number of nitrogens with two attached hydrogens (primary N) is 1. The van der Waals surface area contributed by atoms with E-state index in [4.69, 9.17) is 10.5 Å². The molecule has 1 fully saturated rings. The predicted octanol–water partition coefficient (Wildman–Crippen LogP) is 1.54. The minimum atomic E-state index is 0.262. The highest BCUT2D eigenvalue weighted by Gasteiger charge is 2.26. The second-order valence-corrected chi connectivity index (χ2v) is 3.53. The first-order valence-corrected chi connectivity index (χ1v) is 4.56. The van der Waals surface area contributed by atoms with E-state index in [0.29, 0.717) is 0 Å². The molecular weight excluding hydrogens is 138 g/mol. The molecule has 0 saturated heterocycles. The van der Waals surface area contributed by atoms with E-state index in [0.717, 1.165) is 18.8 Å². The van der Waals surface area contributed by atoms with Crippen LogP contribution < -0.4 is 5.73 Å². The minimum Gasteiger partial charge on any atom is -0.380 e. The monoisotopic (exact) mass is 157 g/mol. The van der Waals surface area contributed by atoms with Crippen LogP contribution in [0.5, 0.6) is 0 Å². The average Bonchev–Trinajstić information content (AvgIpc) is 2.74. The number of hydrogen-bond donors (Lipinski definition) is 1. The van der Waals surface area contributed by atoms with Crippen molar-refractivity contribution in [1.82, 2.24) is 0 Å². The van der Waals surface area contributed by atoms with Gasteiger partial charge in [-0.25, -0.2) is 0 Å². The summed E-state index contributed by atoms with van der Waals surface area (Å²) in [5, 5.41) is 0. The summed E-state index contributed by atoms with van der Waals surface area (Å²) in [5.74, 6) is 0.911. The van der Waals surface area contributed by atoms with Gasteiger partial charge in [0.25, 0.3) is 0 Å². The van der Waals surface area contributed by atoms with Crippen LogP contribution in [0.2, 0.25) is 0 Å². The van der Waals surface area contributed by atoms with Crippen LogP contribution in [0, 0.1) is 5.92 Å². The van der Waals surface area contributed by atoms with Gasteiger partial charge in [-0.05, 0) is 18.8 Å². The van der Waals surface area contributed by atoms with Crippen LogP contribution in [0.3, 0.4) is 0 Å². The fourth-order valence-corrected chi connectivity index (χ4v) is 1.53. The number of ether oxygens (including phenoxy) is 1. The fraction of sp³-hybridized carbons (Fsp3) is 1.00. The van der Waals surface area contributed by atoms with Crippen molar-refractivity contribution < 1.29 is 4.74 Å². The van der Waals surface area contributed by atoms with Crippen molar-refractivity contribution in [2.24, 2.45) is 11.7 Å². The van der Waals surface area contributed by atoms with Crippen LogP contribution in [0.15, 0.2) is 0 Å². The molecule has 0 aromatic heterocycles. The van der Waals surface area contributed by atoms with Gasteiger partial charge in [0, 0.05) is 13.2 Å². The van der Waals surface area contributed by atoms with Crippen LogP contribution in [0.25, 0.3) is 0 Å². The third-order valence-electron chi connectivity index (χ3n) is 2.49. The maximum Gasteiger partial charge on any atom is 0.0719 e. The van der Waals surface area contributed by atoms with Crippen LogP contribution in [-0.4, -0.2) is 19.3 Å². The van der Waals surface area contributed by atoms with Gasteiger partial charge in [0.15, 0.2) is 0 Å². The molecule has 2 unspecified atom stereocenters. The Morgan fingerprint density at radius 2 is 2.18 bits per heavy atom. The Balaban J connectivity index is 2.18. The molecule has 11 heavy (non-hydrogen) atoms. The van der Waals surface area contributed by atoms with Gasteiger partial charge in [-0.1, -0.05) is 19.8 Å². The quantitative estimate of drug-likeness (QED) is 0.657. The second kappa shape index (κ2) is 4.07. The lowest BCUT2D eigenvalue weighted by Gasteiger charge is -2.20. The Kier molecular flexibility index (Phi) is 3.34. The van der Waals surface area contributed by atoms with Crippen LogP contribution in [0.4, 0.5) is 0 Å². The van der Waals surface area contributed by atoms with Gasteiger partial charge >= 0.3 is 0 Å². The molecule has 1 aliphatic carbocycles. The van der Waals surface area contributed by atoms with Gasteiger partial charge in [0.05, 0.1) is 6.10 Å². The van der Waals surface area contributed by atoms with Gasteiger partial charge in [0.1, 0.15) is 0 Å². The molecule has 0 aromatic rings. The highest BCUT2D eigenvalue weighted by Crippen LogP contribution is 2.34. The Bertz CT molecular complexity index is 108. The largest absolute Gasteiger partial charge is 0.380 e. The molecule has 2 nitrogen and oxygen atoms in total. The van der Waals surface area contributed by atoms with Gasteiger partial charge in [-0.3, -0.25) is 0 Å². The third kappa shape index (κ3) is 2.80. The summed E-state index contributed by atoms with van der Waals surface area (Å²) < 4.78 is 5.26. The summed E-state index contributed by atoms with van der Waals surface area (Å²) >= 11 is 0. The standard InChI is InChI=1S/C9H19NO/c1-3-9(11-2)8(10)6-7-4-5-7/h7-9H,3-6,10H2,1-2H3. The van der Waals surface area contributed by atoms with Crippen molar-refractivity contribution in [1.29, 1.82) is 0 Å². The van der Waals surface area contributed by atoms with Gasteiger partial charge in [0.2, 0.25) is 0 Å². The summed E-state index contributed by atoms with van der Waals surface area (Å²) in [6.07, 6.45) is 5.23. The molecule has 66 valence electrons. The Hall–Kier alpha value is -0.0800. The molecule has 0 spiro atoms. The van der Waals surface area contributed by atoms with E-state index < -0.39 is 0 Å². The fourth-order valence-electron chi connectivity index (χ4n) is 1.53. The lowest BCUT2D eigenvalue weighted by molar-refractivity contribution is 0.0731. The number of rotatable bonds is 5. The zero-order valence-corrected chi connectivity index (χ0v) is 7.55. The van der Waals surface area contributed by atoms with Crippen LogP contribution in [0.1, 0.15) is 32.6 Å². The maximum atomic E-state index is 5.95. The van der Waals surface area contributed by atoms with Crippen molar-refractivity contribution >= 4 is 0 Å². The highest BCUT2D eigenvalue weighted by atomic mass is 16.5. The molecule has 0 radical (unpaired) electrons. The van der Waals surface area contributed by atoms with Gasteiger partial charge < -0.3 is 10.5 Å². The van der Waals surface area contributed by atoms with Crippen molar-refractivity contribution in [3.05, 3.63) is 0 Å². The van der Waals surface area contributed by atoms with E-state index >= 15 is 0 Å². The van der Waals surface area contributed by atoms with E-state index in [2.05, 4.69) is 6.92 Å². The molecule has 0 amide bonds.